The summed E-state index contributed by atoms with van der Waals surface area (Å²) in [5, 5.41) is 3.53. The van der Waals surface area contributed by atoms with Crippen molar-refractivity contribution in [1.82, 2.24) is 10.2 Å². The molecule has 0 aliphatic carbocycles. The van der Waals surface area contributed by atoms with Gasteiger partial charge in [0.15, 0.2) is 0 Å². The van der Waals surface area contributed by atoms with Gasteiger partial charge in [0.25, 0.3) is 0 Å². The van der Waals surface area contributed by atoms with Crippen LogP contribution in [0, 0.1) is 0 Å². The first-order chi connectivity index (χ1) is 9.36. The molecule has 2 aliphatic rings. The van der Waals surface area contributed by atoms with Crippen LogP contribution >= 0.6 is 0 Å². The topological polar surface area (TPSA) is 24.5 Å². The maximum Gasteiger partial charge on any atom is 0.0830 e. The fraction of sp³-hybridized carbons (Fsp3) is 0.625. The number of piperidine rings is 1. The molecule has 2 aliphatic heterocycles. The Labute approximate surface area is 115 Å². The highest BCUT2D eigenvalue weighted by molar-refractivity contribution is 5.14. The Bertz CT molecular complexity index is 375. The van der Waals surface area contributed by atoms with Crippen molar-refractivity contribution in [2.75, 3.05) is 32.8 Å². The minimum atomic E-state index is 0.115. The van der Waals surface area contributed by atoms with E-state index in [4.69, 9.17) is 4.74 Å². The fourth-order valence-corrected chi connectivity index (χ4v) is 3.13. The summed E-state index contributed by atoms with van der Waals surface area (Å²) in [7, 11) is 0. The van der Waals surface area contributed by atoms with Crippen molar-refractivity contribution in [3.63, 3.8) is 0 Å². The molecule has 19 heavy (non-hydrogen) atoms. The molecule has 104 valence electrons. The monoisotopic (exact) mass is 260 g/mol. The average Bonchev–Trinajstić information content (AvgIpc) is 2.69. The molecule has 0 unspecified atom stereocenters. The molecule has 1 aromatic rings. The highest BCUT2D eigenvalue weighted by atomic mass is 16.5. The van der Waals surface area contributed by atoms with Crippen LogP contribution in [0.2, 0.25) is 0 Å². The largest absolute Gasteiger partial charge is 0.374 e. The molecule has 3 nitrogen and oxygen atoms in total. The normalized spacial score (nSPS) is 24.2. The maximum atomic E-state index is 6.14. The standard InChI is InChI=1S/C16H24N2O/c1-2-5-15(6-3-1)13-18-10-7-16(8-11-18)14-17-9-4-12-19-16/h1-3,5-6,17H,4,7-14H2. The van der Waals surface area contributed by atoms with E-state index in [1.807, 2.05) is 0 Å². The van der Waals surface area contributed by atoms with E-state index < -0.39 is 0 Å². The lowest BCUT2D eigenvalue weighted by Gasteiger charge is -2.41. The summed E-state index contributed by atoms with van der Waals surface area (Å²) in [4.78, 5) is 2.55. The number of benzene rings is 1. The van der Waals surface area contributed by atoms with Crippen LogP contribution in [0.15, 0.2) is 30.3 Å². The predicted molar refractivity (Wildman–Crippen MR) is 77.1 cm³/mol. The van der Waals surface area contributed by atoms with E-state index in [-0.39, 0.29) is 5.60 Å². The molecule has 2 fully saturated rings. The number of nitrogens with zero attached hydrogens (tertiary/aromatic N) is 1. The zero-order valence-electron chi connectivity index (χ0n) is 11.6. The summed E-state index contributed by atoms with van der Waals surface area (Å²) in [6, 6.07) is 10.8. The van der Waals surface area contributed by atoms with E-state index in [2.05, 4.69) is 40.5 Å². The lowest BCUT2D eigenvalue weighted by molar-refractivity contribution is -0.0742. The van der Waals surface area contributed by atoms with E-state index in [0.717, 1.165) is 58.6 Å². The second-order valence-electron chi connectivity index (χ2n) is 5.82. The van der Waals surface area contributed by atoms with Gasteiger partial charge in [-0.25, -0.2) is 0 Å². The van der Waals surface area contributed by atoms with E-state index in [1.54, 1.807) is 0 Å². The first-order valence-corrected chi connectivity index (χ1v) is 7.47. The zero-order valence-corrected chi connectivity index (χ0v) is 11.6. The summed E-state index contributed by atoms with van der Waals surface area (Å²) in [6.45, 7) is 6.44. The SMILES string of the molecule is c1ccc(CN2CCC3(CC2)CNCCCO3)cc1. The van der Waals surface area contributed by atoms with Crippen LogP contribution in [0.1, 0.15) is 24.8 Å². The number of likely N-dealkylation sites (tertiary alicyclic amines) is 1. The Morgan fingerprint density at radius 1 is 1.16 bits per heavy atom. The van der Waals surface area contributed by atoms with Gasteiger partial charge in [0.05, 0.1) is 5.60 Å². The minimum absolute atomic E-state index is 0.115. The quantitative estimate of drug-likeness (QED) is 0.880. The maximum absolute atomic E-state index is 6.14. The third kappa shape index (κ3) is 3.35. The van der Waals surface area contributed by atoms with Crippen LogP contribution < -0.4 is 5.32 Å². The second-order valence-corrected chi connectivity index (χ2v) is 5.82. The Morgan fingerprint density at radius 2 is 1.95 bits per heavy atom. The molecular formula is C16H24N2O. The summed E-state index contributed by atoms with van der Waals surface area (Å²) in [5.74, 6) is 0. The number of nitrogens with one attached hydrogen (secondary N) is 1. The van der Waals surface area contributed by atoms with E-state index in [0.29, 0.717) is 0 Å². The molecule has 1 aromatic carbocycles. The van der Waals surface area contributed by atoms with Crippen molar-refractivity contribution >= 4 is 0 Å². The molecule has 0 atom stereocenters. The fourth-order valence-electron chi connectivity index (χ4n) is 3.13. The first kappa shape index (κ1) is 13.1. The third-order valence-corrected chi connectivity index (χ3v) is 4.37. The lowest BCUT2D eigenvalue weighted by atomic mass is 9.90. The van der Waals surface area contributed by atoms with Crippen molar-refractivity contribution in [2.24, 2.45) is 0 Å². The van der Waals surface area contributed by atoms with Crippen molar-refractivity contribution < 1.29 is 4.74 Å². The second kappa shape index (κ2) is 6.04. The van der Waals surface area contributed by atoms with Gasteiger partial charge < -0.3 is 10.1 Å². The van der Waals surface area contributed by atoms with Crippen LogP contribution in [0.3, 0.4) is 0 Å². The van der Waals surface area contributed by atoms with Crippen molar-refractivity contribution in [3.8, 4) is 0 Å². The van der Waals surface area contributed by atoms with Crippen molar-refractivity contribution in [3.05, 3.63) is 35.9 Å². The molecule has 1 spiro atoms. The van der Waals surface area contributed by atoms with Crippen LogP contribution in [-0.4, -0.2) is 43.3 Å². The molecule has 0 bridgehead atoms. The third-order valence-electron chi connectivity index (χ3n) is 4.37. The van der Waals surface area contributed by atoms with Gasteiger partial charge in [0, 0.05) is 32.8 Å². The number of ether oxygens (including phenoxy) is 1. The Morgan fingerprint density at radius 3 is 2.74 bits per heavy atom. The highest BCUT2D eigenvalue weighted by Crippen LogP contribution is 2.28. The van der Waals surface area contributed by atoms with E-state index in [1.165, 1.54) is 5.56 Å². The van der Waals surface area contributed by atoms with Crippen molar-refractivity contribution in [2.45, 2.75) is 31.4 Å². The molecule has 2 saturated heterocycles. The average molecular weight is 260 g/mol. The molecule has 0 aromatic heterocycles. The number of hydrogen-bond acceptors (Lipinski definition) is 3. The summed E-state index contributed by atoms with van der Waals surface area (Å²) in [6.07, 6.45) is 3.47. The molecule has 0 radical (unpaired) electrons. The highest BCUT2D eigenvalue weighted by Gasteiger charge is 2.35. The Kier molecular flexibility index (Phi) is 4.16. The zero-order chi connectivity index (χ0) is 13.0. The van der Waals surface area contributed by atoms with Gasteiger partial charge in [-0.3, -0.25) is 4.90 Å². The van der Waals surface area contributed by atoms with E-state index in [9.17, 15) is 0 Å². The number of rotatable bonds is 2. The molecule has 0 amide bonds. The summed E-state index contributed by atoms with van der Waals surface area (Å²) >= 11 is 0. The lowest BCUT2D eigenvalue weighted by Crippen LogP contribution is -2.50. The number of hydrogen-bond donors (Lipinski definition) is 1. The van der Waals surface area contributed by atoms with Gasteiger partial charge in [-0.1, -0.05) is 30.3 Å². The molecule has 2 heterocycles. The Balaban J connectivity index is 1.54. The van der Waals surface area contributed by atoms with Crippen LogP contribution in [-0.2, 0) is 11.3 Å². The minimum Gasteiger partial charge on any atom is -0.374 e. The summed E-state index contributed by atoms with van der Waals surface area (Å²) in [5.41, 5.74) is 1.53. The Hall–Kier alpha value is -0.900. The van der Waals surface area contributed by atoms with Gasteiger partial charge in [-0.05, 0) is 31.4 Å². The first-order valence-electron chi connectivity index (χ1n) is 7.47. The molecule has 1 N–H and O–H groups in total. The molecule has 3 heteroatoms. The predicted octanol–water partition coefficient (Wildman–Crippen LogP) is 2.03. The van der Waals surface area contributed by atoms with Crippen LogP contribution in [0.5, 0.6) is 0 Å². The van der Waals surface area contributed by atoms with Gasteiger partial charge >= 0.3 is 0 Å². The van der Waals surface area contributed by atoms with Crippen LogP contribution in [0.25, 0.3) is 0 Å². The van der Waals surface area contributed by atoms with Gasteiger partial charge in [-0.15, -0.1) is 0 Å². The smallest absolute Gasteiger partial charge is 0.0830 e. The summed E-state index contributed by atoms with van der Waals surface area (Å²) < 4.78 is 6.14. The molecular weight excluding hydrogens is 236 g/mol. The van der Waals surface area contributed by atoms with Gasteiger partial charge in [0.1, 0.15) is 0 Å². The van der Waals surface area contributed by atoms with Gasteiger partial charge in [-0.2, -0.15) is 0 Å². The molecule has 3 rings (SSSR count). The van der Waals surface area contributed by atoms with Crippen molar-refractivity contribution in [1.29, 1.82) is 0 Å². The van der Waals surface area contributed by atoms with Crippen LogP contribution in [0.4, 0.5) is 0 Å². The van der Waals surface area contributed by atoms with Gasteiger partial charge in [0.2, 0.25) is 0 Å². The molecule has 0 saturated carbocycles. The van der Waals surface area contributed by atoms with E-state index >= 15 is 0 Å².